The smallest absolute Gasteiger partial charge is 0.244 e. The molecule has 0 aliphatic carbocycles. The fourth-order valence-corrected chi connectivity index (χ4v) is 2.84. The maximum absolute atomic E-state index is 12.2. The van der Waals surface area contributed by atoms with E-state index in [4.69, 9.17) is 4.74 Å². The highest BCUT2D eigenvalue weighted by molar-refractivity contribution is 6.09. The summed E-state index contributed by atoms with van der Waals surface area (Å²) < 4.78 is 5.41. The number of carbonyl (C=O) groups is 1. The fourth-order valence-electron chi connectivity index (χ4n) is 2.84. The molecule has 3 aromatic carbocycles. The number of nitrogens with zero attached hydrogens (tertiary/aromatic N) is 1. The highest BCUT2D eigenvalue weighted by Gasteiger charge is 2.06. The van der Waals surface area contributed by atoms with Gasteiger partial charge in [-0.3, -0.25) is 4.79 Å². The number of rotatable bonds is 6. The van der Waals surface area contributed by atoms with Crippen LogP contribution in [0.15, 0.2) is 71.8 Å². The largest absolute Gasteiger partial charge is 0.494 e. The Labute approximate surface area is 153 Å². The predicted octanol–water partition coefficient (Wildman–Crippen LogP) is 4.32. The van der Waals surface area contributed by atoms with Crippen LogP contribution in [0.1, 0.15) is 25.0 Å². The number of hydrogen-bond acceptors (Lipinski definition) is 3. The summed E-state index contributed by atoms with van der Waals surface area (Å²) in [4.78, 5) is 12.2. The van der Waals surface area contributed by atoms with E-state index in [2.05, 4.69) is 28.7 Å². The van der Waals surface area contributed by atoms with Gasteiger partial charge in [0.15, 0.2) is 0 Å². The Morgan fingerprint density at radius 3 is 2.50 bits per heavy atom. The van der Waals surface area contributed by atoms with Crippen molar-refractivity contribution in [3.05, 3.63) is 77.9 Å². The van der Waals surface area contributed by atoms with Crippen molar-refractivity contribution < 1.29 is 9.53 Å². The van der Waals surface area contributed by atoms with Crippen LogP contribution in [0, 0.1) is 0 Å². The first kappa shape index (κ1) is 17.7. The summed E-state index contributed by atoms with van der Waals surface area (Å²) in [5.41, 5.74) is 5.37. The van der Waals surface area contributed by atoms with Crippen molar-refractivity contribution in [2.45, 2.75) is 20.3 Å². The van der Waals surface area contributed by atoms with Crippen LogP contribution in [0.5, 0.6) is 5.75 Å². The van der Waals surface area contributed by atoms with Crippen LogP contribution in [0.3, 0.4) is 0 Å². The van der Waals surface area contributed by atoms with E-state index in [1.807, 2.05) is 62.4 Å². The molecule has 1 N–H and O–H groups in total. The molecule has 0 saturated heterocycles. The molecule has 4 nitrogen and oxygen atoms in total. The van der Waals surface area contributed by atoms with E-state index in [1.54, 1.807) is 0 Å². The Morgan fingerprint density at radius 2 is 1.73 bits per heavy atom. The number of benzene rings is 3. The van der Waals surface area contributed by atoms with Gasteiger partial charge in [-0.15, -0.1) is 0 Å². The monoisotopic (exact) mass is 346 g/mol. The molecular formula is C22H22N2O2. The van der Waals surface area contributed by atoms with Crippen LogP contribution in [0.2, 0.25) is 0 Å². The van der Waals surface area contributed by atoms with E-state index in [1.165, 1.54) is 0 Å². The van der Waals surface area contributed by atoms with Gasteiger partial charge < -0.3 is 4.74 Å². The molecule has 0 aliphatic rings. The van der Waals surface area contributed by atoms with Gasteiger partial charge in [-0.2, -0.15) is 5.10 Å². The lowest BCUT2D eigenvalue weighted by molar-refractivity contribution is -0.120. The van der Waals surface area contributed by atoms with Gasteiger partial charge in [-0.05, 0) is 42.3 Å². The van der Waals surface area contributed by atoms with Crippen LogP contribution >= 0.6 is 0 Å². The first-order valence-corrected chi connectivity index (χ1v) is 8.70. The first-order valence-electron chi connectivity index (χ1n) is 8.70. The molecule has 0 aromatic heterocycles. The third-order valence-corrected chi connectivity index (χ3v) is 4.13. The van der Waals surface area contributed by atoms with E-state index in [9.17, 15) is 4.79 Å². The molecule has 0 heterocycles. The zero-order valence-corrected chi connectivity index (χ0v) is 15.0. The Bertz CT molecular complexity index is 925. The zero-order valence-electron chi connectivity index (χ0n) is 15.0. The summed E-state index contributed by atoms with van der Waals surface area (Å²) in [6.45, 7) is 4.47. The molecule has 132 valence electrons. The summed E-state index contributed by atoms with van der Waals surface area (Å²) in [6.07, 6.45) is 0.277. The van der Waals surface area contributed by atoms with Crippen LogP contribution in [0.4, 0.5) is 0 Å². The van der Waals surface area contributed by atoms with Crippen molar-refractivity contribution in [2.75, 3.05) is 6.61 Å². The summed E-state index contributed by atoms with van der Waals surface area (Å²) in [7, 11) is 0. The van der Waals surface area contributed by atoms with Gasteiger partial charge in [0.1, 0.15) is 5.75 Å². The first-order chi connectivity index (χ1) is 12.7. The van der Waals surface area contributed by atoms with E-state index in [0.29, 0.717) is 6.61 Å². The topological polar surface area (TPSA) is 50.7 Å². The number of nitrogens with one attached hydrogen (secondary N) is 1. The van der Waals surface area contributed by atoms with Gasteiger partial charge in [-0.25, -0.2) is 5.43 Å². The molecule has 0 spiro atoms. The molecule has 3 aromatic rings. The Hall–Kier alpha value is -3.14. The molecule has 0 radical (unpaired) electrons. The van der Waals surface area contributed by atoms with Crippen molar-refractivity contribution in [2.24, 2.45) is 5.10 Å². The number of hydrogen-bond donors (Lipinski definition) is 1. The molecule has 1 amide bonds. The molecule has 0 fully saturated rings. The molecule has 0 unspecified atom stereocenters. The Balaban J connectivity index is 1.67. The average molecular weight is 346 g/mol. The highest BCUT2D eigenvalue weighted by Crippen LogP contribution is 2.19. The van der Waals surface area contributed by atoms with Crippen LogP contribution < -0.4 is 10.2 Å². The second-order valence-electron chi connectivity index (χ2n) is 6.01. The highest BCUT2D eigenvalue weighted by atomic mass is 16.5. The van der Waals surface area contributed by atoms with E-state index in [-0.39, 0.29) is 12.3 Å². The number of carbonyl (C=O) groups excluding carboxylic acids is 1. The van der Waals surface area contributed by atoms with Gasteiger partial charge in [0.25, 0.3) is 0 Å². The van der Waals surface area contributed by atoms with Gasteiger partial charge in [0.05, 0.1) is 18.7 Å². The van der Waals surface area contributed by atoms with Crippen LogP contribution in [-0.4, -0.2) is 18.2 Å². The van der Waals surface area contributed by atoms with Gasteiger partial charge in [0.2, 0.25) is 5.91 Å². The van der Waals surface area contributed by atoms with Gasteiger partial charge in [-0.1, -0.05) is 54.6 Å². The van der Waals surface area contributed by atoms with Crippen molar-refractivity contribution in [1.82, 2.24) is 5.43 Å². The third kappa shape index (κ3) is 4.28. The lowest BCUT2D eigenvalue weighted by Crippen LogP contribution is -2.21. The summed E-state index contributed by atoms with van der Waals surface area (Å²) in [5.74, 6) is 0.662. The Morgan fingerprint density at radius 1 is 1.00 bits per heavy atom. The molecule has 0 bridgehead atoms. The fraction of sp³-hybridized carbons (Fsp3) is 0.182. The molecule has 0 saturated carbocycles. The van der Waals surface area contributed by atoms with Crippen molar-refractivity contribution in [3.63, 3.8) is 0 Å². The van der Waals surface area contributed by atoms with Gasteiger partial charge in [0, 0.05) is 5.56 Å². The molecular weight excluding hydrogens is 324 g/mol. The standard InChI is InChI=1S/C22H22N2O2/c1-3-26-19-13-11-17(12-14-19)15-22(25)24-23-16(2)20-10-6-8-18-7-4-5-9-21(18)20/h4-14H,3,15H2,1-2H3,(H,24,25)/b23-16-. The van der Waals surface area contributed by atoms with Crippen molar-refractivity contribution in [3.8, 4) is 5.75 Å². The number of amides is 1. The minimum absolute atomic E-state index is 0.145. The lowest BCUT2D eigenvalue weighted by atomic mass is 10.0. The van der Waals surface area contributed by atoms with E-state index >= 15 is 0 Å². The van der Waals surface area contributed by atoms with Crippen molar-refractivity contribution >= 4 is 22.4 Å². The SMILES string of the molecule is CCOc1ccc(CC(=O)N/N=C(/C)c2cccc3ccccc23)cc1. The second-order valence-corrected chi connectivity index (χ2v) is 6.01. The normalized spacial score (nSPS) is 11.4. The van der Waals surface area contributed by atoms with Gasteiger partial charge >= 0.3 is 0 Å². The molecule has 0 atom stereocenters. The Kier molecular flexibility index (Phi) is 5.64. The third-order valence-electron chi connectivity index (χ3n) is 4.13. The lowest BCUT2D eigenvalue weighted by Gasteiger charge is -2.07. The minimum atomic E-state index is -0.145. The second kappa shape index (κ2) is 8.30. The molecule has 26 heavy (non-hydrogen) atoms. The summed E-state index contributed by atoms with van der Waals surface area (Å²) >= 11 is 0. The number of fused-ring (bicyclic) bond motifs is 1. The van der Waals surface area contributed by atoms with E-state index < -0.39 is 0 Å². The minimum Gasteiger partial charge on any atom is -0.494 e. The zero-order chi connectivity index (χ0) is 18.4. The molecule has 4 heteroatoms. The quantitative estimate of drug-likeness (QED) is 0.534. The summed E-state index contributed by atoms with van der Waals surface area (Å²) in [6, 6.07) is 21.8. The maximum Gasteiger partial charge on any atom is 0.244 e. The summed E-state index contributed by atoms with van der Waals surface area (Å²) in [5, 5.41) is 6.56. The van der Waals surface area contributed by atoms with Crippen molar-refractivity contribution in [1.29, 1.82) is 0 Å². The van der Waals surface area contributed by atoms with Crippen LogP contribution in [-0.2, 0) is 11.2 Å². The number of hydrazone groups is 1. The molecule has 0 aliphatic heterocycles. The predicted molar refractivity (Wildman–Crippen MR) is 106 cm³/mol. The number of ether oxygens (including phenoxy) is 1. The average Bonchev–Trinajstić information content (AvgIpc) is 2.67. The van der Waals surface area contributed by atoms with Crippen LogP contribution in [0.25, 0.3) is 10.8 Å². The maximum atomic E-state index is 12.2. The van der Waals surface area contributed by atoms with E-state index in [0.717, 1.165) is 33.4 Å². The molecule has 3 rings (SSSR count).